The van der Waals surface area contributed by atoms with Crippen LogP contribution in [0.4, 0.5) is 0 Å². The Labute approximate surface area is 287 Å². The van der Waals surface area contributed by atoms with Crippen LogP contribution in [0.3, 0.4) is 0 Å². The standard InChI is InChI=1S/C48H28O2/c1-2-12-29(13-3-1)45-36-17-6-8-19-38(36)46(39-20-9-7-18-37(39)45)42-27-32(26-31-14-4-5-15-33(31)42)30-22-23-35-41-25-24-40-34-16-10-11-21-43(34)49-47(40)48(41)50-44(35)28-30/h1-28H. The number of hydrogen-bond acceptors (Lipinski definition) is 2. The van der Waals surface area contributed by atoms with Crippen LogP contribution >= 0.6 is 0 Å². The van der Waals surface area contributed by atoms with E-state index in [1.54, 1.807) is 0 Å². The van der Waals surface area contributed by atoms with Gasteiger partial charge in [-0.2, -0.15) is 0 Å². The molecule has 0 fully saturated rings. The molecule has 0 aliphatic carbocycles. The number of para-hydroxylation sites is 1. The molecule has 2 nitrogen and oxygen atoms in total. The lowest BCUT2D eigenvalue weighted by molar-refractivity contribution is 0.633. The average Bonchev–Trinajstić information content (AvgIpc) is 3.75. The number of fused-ring (bicyclic) bond motifs is 10. The van der Waals surface area contributed by atoms with E-state index in [1.807, 2.05) is 18.2 Å². The Morgan fingerprint density at radius 3 is 1.50 bits per heavy atom. The second-order valence-electron chi connectivity index (χ2n) is 13.2. The molecular formula is C48H28O2. The summed E-state index contributed by atoms with van der Waals surface area (Å²) in [4.78, 5) is 0. The topological polar surface area (TPSA) is 26.3 Å². The SMILES string of the molecule is c1ccc(-c2c3ccccc3c(-c3cc(-c4ccc5c(c4)oc4c5ccc5c6ccccc6oc54)cc4ccccc34)c3ccccc23)cc1. The van der Waals surface area contributed by atoms with Crippen molar-refractivity contribution in [3.05, 3.63) is 170 Å². The first-order valence-electron chi connectivity index (χ1n) is 17.1. The van der Waals surface area contributed by atoms with Gasteiger partial charge in [-0.05, 0) is 108 Å². The third-order valence-electron chi connectivity index (χ3n) is 10.4. The minimum atomic E-state index is 0.793. The Balaban J connectivity index is 1.18. The van der Waals surface area contributed by atoms with Crippen LogP contribution in [-0.4, -0.2) is 0 Å². The fourth-order valence-corrected chi connectivity index (χ4v) is 8.21. The Bertz CT molecular complexity index is 3080. The number of benzene rings is 9. The highest BCUT2D eigenvalue weighted by Gasteiger charge is 2.20. The van der Waals surface area contributed by atoms with Crippen molar-refractivity contribution in [3.63, 3.8) is 0 Å². The zero-order valence-electron chi connectivity index (χ0n) is 27.0. The third-order valence-corrected chi connectivity index (χ3v) is 10.4. The minimum Gasteiger partial charge on any atom is -0.452 e. The molecule has 0 aliphatic rings. The van der Waals surface area contributed by atoms with Gasteiger partial charge in [-0.1, -0.05) is 127 Å². The van der Waals surface area contributed by atoms with Crippen LogP contribution in [0.1, 0.15) is 0 Å². The first-order valence-corrected chi connectivity index (χ1v) is 17.1. The number of rotatable bonds is 3. The molecule has 0 amide bonds. The van der Waals surface area contributed by atoms with Gasteiger partial charge in [-0.15, -0.1) is 0 Å². The molecule has 232 valence electrons. The van der Waals surface area contributed by atoms with Crippen molar-refractivity contribution in [3.8, 4) is 33.4 Å². The molecule has 0 saturated heterocycles. The van der Waals surface area contributed by atoms with Crippen molar-refractivity contribution in [2.45, 2.75) is 0 Å². The van der Waals surface area contributed by atoms with Crippen molar-refractivity contribution in [2.24, 2.45) is 0 Å². The minimum absolute atomic E-state index is 0.793. The van der Waals surface area contributed by atoms with E-state index < -0.39 is 0 Å². The maximum Gasteiger partial charge on any atom is 0.178 e. The van der Waals surface area contributed by atoms with Gasteiger partial charge in [0.1, 0.15) is 11.2 Å². The van der Waals surface area contributed by atoms with E-state index in [4.69, 9.17) is 8.83 Å². The average molecular weight is 637 g/mol. The summed E-state index contributed by atoms with van der Waals surface area (Å²) in [7, 11) is 0. The summed E-state index contributed by atoms with van der Waals surface area (Å²) in [5.41, 5.74) is 10.5. The lowest BCUT2D eigenvalue weighted by Gasteiger charge is -2.19. The first-order chi connectivity index (χ1) is 24.8. The van der Waals surface area contributed by atoms with Crippen molar-refractivity contribution in [2.75, 3.05) is 0 Å². The molecule has 11 aromatic rings. The summed E-state index contributed by atoms with van der Waals surface area (Å²) in [6, 6.07) is 61.1. The molecule has 2 heterocycles. The van der Waals surface area contributed by atoms with E-state index in [1.165, 1.54) is 54.6 Å². The van der Waals surface area contributed by atoms with Crippen molar-refractivity contribution >= 4 is 76.2 Å². The molecule has 2 aromatic heterocycles. The fourth-order valence-electron chi connectivity index (χ4n) is 8.21. The summed E-state index contributed by atoms with van der Waals surface area (Å²) in [5.74, 6) is 0. The van der Waals surface area contributed by atoms with E-state index in [-0.39, 0.29) is 0 Å². The van der Waals surface area contributed by atoms with Gasteiger partial charge >= 0.3 is 0 Å². The van der Waals surface area contributed by atoms with Crippen molar-refractivity contribution in [1.82, 2.24) is 0 Å². The largest absolute Gasteiger partial charge is 0.452 e. The molecule has 0 bridgehead atoms. The molecule has 0 radical (unpaired) electrons. The molecule has 0 aliphatic heterocycles. The van der Waals surface area contributed by atoms with E-state index in [9.17, 15) is 0 Å². The molecule has 2 heteroatoms. The van der Waals surface area contributed by atoms with Gasteiger partial charge in [0.15, 0.2) is 11.2 Å². The summed E-state index contributed by atoms with van der Waals surface area (Å²) in [6.07, 6.45) is 0. The van der Waals surface area contributed by atoms with Crippen molar-refractivity contribution < 1.29 is 8.83 Å². The van der Waals surface area contributed by atoms with Crippen LogP contribution in [0.15, 0.2) is 179 Å². The monoisotopic (exact) mass is 636 g/mol. The zero-order valence-corrected chi connectivity index (χ0v) is 27.0. The molecule has 11 rings (SSSR count). The van der Waals surface area contributed by atoms with Gasteiger partial charge in [-0.25, -0.2) is 0 Å². The maximum atomic E-state index is 6.64. The van der Waals surface area contributed by atoms with Gasteiger partial charge in [-0.3, -0.25) is 0 Å². The van der Waals surface area contributed by atoms with Crippen LogP contribution in [0.2, 0.25) is 0 Å². The van der Waals surface area contributed by atoms with Crippen LogP contribution < -0.4 is 0 Å². The first kappa shape index (κ1) is 27.3. The Morgan fingerprint density at radius 2 is 0.800 bits per heavy atom. The van der Waals surface area contributed by atoms with E-state index >= 15 is 0 Å². The lowest BCUT2D eigenvalue weighted by atomic mass is 9.84. The molecule has 50 heavy (non-hydrogen) atoms. The highest BCUT2D eigenvalue weighted by atomic mass is 16.4. The van der Waals surface area contributed by atoms with Gasteiger partial charge in [0.2, 0.25) is 0 Å². The summed E-state index contributed by atoms with van der Waals surface area (Å²) >= 11 is 0. The maximum absolute atomic E-state index is 6.64. The third kappa shape index (κ3) is 3.90. The summed E-state index contributed by atoms with van der Waals surface area (Å²) < 4.78 is 13.0. The normalized spacial score (nSPS) is 12.0. The summed E-state index contributed by atoms with van der Waals surface area (Å²) in [6.45, 7) is 0. The highest BCUT2D eigenvalue weighted by Crippen LogP contribution is 2.47. The molecule has 0 saturated carbocycles. The molecular weight excluding hydrogens is 609 g/mol. The second kappa shape index (κ2) is 10.4. The molecule has 0 spiro atoms. The lowest BCUT2D eigenvalue weighted by Crippen LogP contribution is -1.92. The predicted octanol–water partition coefficient (Wildman–Crippen LogP) is 13.9. The fraction of sp³-hybridized carbons (Fsp3) is 0. The summed E-state index contributed by atoms with van der Waals surface area (Å²) in [5, 5.41) is 11.8. The van der Waals surface area contributed by atoms with E-state index in [2.05, 4.69) is 152 Å². The van der Waals surface area contributed by atoms with Crippen LogP contribution in [0, 0.1) is 0 Å². The number of furan rings is 2. The Morgan fingerprint density at radius 1 is 0.280 bits per heavy atom. The Kier molecular flexibility index (Phi) is 5.70. The second-order valence-corrected chi connectivity index (χ2v) is 13.2. The van der Waals surface area contributed by atoms with Gasteiger partial charge in [0, 0.05) is 21.5 Å². The zero-order chi connectivity index (χ0) is 32.8. The van der Waals surface area contributed by atoms with Crippen molar-refractivity contribution in [1.29, 1.82) is 0 Å². The molecule has 0 unspecified atom stereocenters. The van der Waals surface area contributed by atoms with E-state index in [0.29, 0.717) is 0 Å². The van der Waals surface area contributed by atoms with Crippen LogP contribution in [0.25, 0.3) is 110 Å². The molecule has 0 N–H and O–H groups in total. The van der Waals surface area contributed by atoms with Gasteiger partial charge in [0.25, 0.3) is 0 Å². The number of hydrogen-bond donors (Lipinski definition) is 0. The molecule has 0 atom stereocenters. The van der Waals surface area contributed by atoms with Gasteiger partial charge in [0.05, 0.1) is 0 Å². The highest BCUT2D eigenvalue weighted by molar-refractivity contribution is 6.24. The Hall–Kier alpha value is -6.64. The predicted molar refractivity (Wildman–Crippen MR) is 210 cm³/mol. The van der Waals surface area contributed by atoms with Crippen LogP contribution in [-0.2, 0) is 0 Å². The molecule has 9 aromatic carbocycles. The smallest absolute Gasteiger partial charge is 0.178 e. The van der Waals surface area contributed by atoms with Crippen LogP contribution in [0.5, 0.6) is 0 Å². The van der Waals surface area contributed by atoms with Gasteiger partial charge < -0.3 is 8.83 Å². The van der Waals surface area contributed by atoms with E-state index in [0.717, 1.165) is 55.0 Å². The quantitative estimate of drug-likeness (QED) is 0.180.